The van der Waals surface area contributed by atoms with Gasteiger partial charge in [-0.15, -0.1) is 0 Å². The van der Waals surface area contributed by atoms with Crippen LogP contribution in [0.1, 0.15) is 34.1 Å². The summed E-state index contributed by atoms with van der Waals surface area (Å²) in [5, 5.41) is 0. The molecule has 0 aliphatic rings. The Morgan fingerprint density at radius 1 is 1.19 bits per heavy atom. The molecule has 0 radical (unpaired) electrons. The van der Waals surface area contributed by atoms with Gasteiger partial charge in [0.25, 0.3) is 0 Å². The van der Waals surface area contributed by atoms with Gasteiger partial charge in [0, 0.05) is 18.4 Å². The molecule has 4 nitrogen and oxygen atoms in total. The second-order valence-corrected chi connectivity index (χ2v) is 5.51. The lowest BCUT2D eigenvalue weighted by atomic mass is 10.2. The number of carbonyl (C=O) groups is 2. The SMILES string of the molecule is CC(=O)OCCSCCC(=O)OC(C)(C)C. The highest BCUT2D eigenvalue weighted by Crippen LogP contribution is 2.10. The molecule has 0 unspecified atom stereocenters. The van der Waals surface area contributed by atoms with E-state index in [2.05, 4.69) is 0 Å². The quantitative estimate of drug-likeness (QED) is 0.531. The fourth-order valence-corrected chi connectivity index (χ4v) is 1.61. The summed E-state index contributed by atoms with van der Waals surface area (Å²) in [6, 6.07) is 0. The van der Waals surface area contributed by atoms with Gasteiger partial charge in [-0.05, 0) is 20.8 Å². The van der Waals surface area contributed by atoms with E-state index in [9.17, 15) is 9.59 Å². The van der Waals surface area contributed by atoms with Gasteiger partial charge >= 0.3 is 11.9 Å². The van der Waals surface area contributed by atoms with E-state index >= 15 is 0 Å². The van der Waals surface area contributed by atoms with E-state index in [4.69, 9.17) is 9.47 Å². The Labute approximate surface area is 101 Å². The van der Waals surface area contributed by atoms with Crippen molar-refractivity contribution in [2.45, 2.75) is 39.7 Å². The largest absolute Gasteiger partial charge is 0.465 e. The van der Waals surface area contributed by atoms with Crippen LogP contribution in [-0.4, -0.2) is 35.7 Å². The number of rotatable bonds is 6. The zero-order valence-electron chi connectivity index (χ0n) is 10.4. The lowest BCUT2D eigenvalue weighted by Crippen LogP contribution is -2.24. The summed E-state index contributed by atoms with van der Waals surface area (Å²) in [5.41, 5.74) is -0.417. The highest BCUT2D eigenvalue weighted by molar-refractivity contribution is 7.99. The van der Waals surface area contributed by atoms with Crippen LogP contribution in [0.4, 0.5) is 0 Å². The first-order valence-corrected chi connectivity index (χ1v) is 6.39. The maximum Gasteiger partial charge on any atom is 0.307 e. The molecule has 0 aromatic carbocycles. The molecule has 0 fully saturated rings. The van der Waals surface area contributed by atoms with Crippen LogP contribution < -0.4 is 0 Å². The molecule has 0 aromatic rings. The standard InChI is InChI=1S/C11H20O4S/c1-9(12)14-6-8-16-7-5-10(13)15-11(2,3)4/h5-8H2,1-4H3. The van der Waals surface area contributed by atoms with Crippen molar-refractivity contribution in [3.8, 4) is 0 Å². The number of ether oxygens (including phenoxy) is 2. The molecular weight excluding hydrogens is 228 g/mol. The van der Waals surface area contributed by atoms with Gasteiger partial charge in [-0.3, -0.25) is 9.59 Å². The first kappa shape index (κ1) is 15.3. The van der Waals surface area contributed by atoms with Crippen LogP contribution in [0.25, 0.3) is 0 Å². The highest BCUT2D eigenvalue weighted by atomic mass is 32.2. The zero-order valence-corrected chi connectivity index (χ0v) is 11.2. The van der Waals surface area contributed by atoms with Gasteiger partial charge in [0.05, 0.1) is 6.42 Å². The molecule has 16 heavy (non-hydrogen) atoms. The molecule has 0 bridgehead atoms. The molecule has 0 saturated heterocycles. The van der Waals surface area contributed by atoms with Crippen molar-refractivity contribution in [3.05, 3.63) is 0 Å². The van der Waals surface area contributed by atoms with Gasteiger partial charge in [0.2, 0.25) is 0 Å². The molecule has 0 aliphatic heterocycles. The van der Waals surface area contributed by atoms with Gasteiger partial charge in [-0.25, -0.2) is 0 Å². The summed E-state index contributed by atoms with van der Waals surface area (Å²) in [6.45, 7) is 7.32. The Bertz CT molecular complexity index is 233. The minimum absolute atomic E-state index is 0.188. The van der Waals surface area contributed by atoms with Crippen LogP contribution >= 0.6 is 11.8 Å². The lowest BCUT2D eigenvalue weighted by Gasteiger charge is -2.19. The first-order valence-electron chi connectivity index (χ1n) is 5.24. The Hall–Kier alpha value is -0.710. The second kappa shape index (κ2) is 7.54. The molecule has 94 valence electrons. The van der Waals surface area contributed by atoms with Crippen molar-refractivity contribution in [3.63, 3.8) is 0 Å². The van der Waals surface area contributed by atoms with Gasteiger partial charge in [-0.1, -0.05) is 0 Å². The summed E-state index contributed by atoms with van der Waals surface area (Å²) < 4.78 is 9.90. The third-order valence-electron chi connectivity index (χ3n) is 1.40. The van der Waals surface area contributed by atoms with Crippen LogP contribution in [0.15, 0.2) is 0 Å². The molecule has 0 amide bonds. The number of hydrogen-bond acceptors (Lipinski definition) is 5. The van der Waals surface area contributed by atoms with Crippen LogP contribution in [0.2, 0.25) is 0 Å². The van der Waals surface area contributed by atoms with Gasteiger partial charge < -0.3 is 9.47 Å². The van der Waals surface area contributed by atoms with Crippen molar-refractivity contribution in [1.82, 2.24) is 0 Å². The lowest BCUT2D eigenvalue weighted by molar-refractivity contribution is -0.154. The monoisotopic (exact) mass is 248 g/mol. The summed E-state index contributed by atoms with van der Waals surface area (Å²) >= 11 is 1.57. The van der Waals surface area contributed by atoms with E-state index in [-0.39, 0.29) is 11.9 Å². The molecule has 0 saturated carbocycles. The van der Waals surface area contributed by atoms with E-state index in [1.54, 1.807) is 11.8 Å². The predicted octanol–water partition coefficient (Wildman–Crippen LogP) is 2.01. The fourth-order valence-electron chi connectivity index (χ4n) is 0.894. The minimum atomic E-state index is -0.417. The van der Waals surface area contributed by atoms with Crippen LogP contribution in [0.5, 0.6) is 0 Å². The van der Waals surface area contributed by atoms with Crippen molar-refractivity contribution < 1.29 is 19.1 Å². The number of esters is 2. The predicted molar refractivity (Wildman–Crippen MR) is 64.4 cm³/mol. The van der Waals surface area contributed by atoms with Crippen molar-refractivity contribution in [2.24, 2.45) is 0 Å². The first-order chi connectivity index (χ1) is 7.31. The number of carbonyl (C=O) groups excluding carboxylic acids is 2. The minimum Gasteiger partial charge on any atom is -0.465 e. The number of thioether (sulfide) groups is 1. The van der Waals surface area contributed by atoms with E-state index in [0.29, 0.717) is 24.5 Å². The summed E-state index contributed by atoms with van der Waals surface area (Å²) in [6.07, 6.45) is 0.391. The molecular formula is C11H20O4S. The van der Waals surface area contributed by atoms with Crippen LogP contribution in [-0.2, 0) is 19.1 Å². The number of hydrogen-bond donors (Lipinski definition) is 0. The zero-order chi connectivity index (χ0) is 12.6. The normalized spacial score (nSPS) is 11.0. The van der Waals surface area contributed by atoms with Crippen LogP contribution in [0.3, 0.4) is 0 Å². The summed E-state index contributed by atoms with van der Waals surface area (Å²) in [7, 11) is 0. The van der Waals surface area contributed by atoms with E-state index in [1.807, 2.05) is 20.8 Å². The smallest absolute Gasteiger partial charge is 0.307 e. The molecule has 0 heterocycles. The van der Waals surface area contributed by atoms with E-state index < -0.39 is 5.60 Å². The van der Waals surface area contributed by atoms with Gasteiger partial charge in [0.1, 0.15) is 12.2 Å². The molecule has 0 aromatic heterocycles. The Morgan fingerprint density at radius 2 is 1.81 bits per heavy atom. The Morgan fingerprint density at radius 3 is 2.31 bits per heavy atom. The maximum absolute atomic E-state index is 11.3. The second-order valence-electron chi connectivity index (χ2n) is 4.29. The molecule has 0 rings (SSSR count). The van der Waals surface area contributed by atoms with E-state index in [1.165, 1.54) is 6.92 Å². The average Bonchev–Trinajstić information content (AvgIpc) is 2.07. The average molecular weight is 248 g/mol. The molecule has 0 spiro atoms. The fraction of sp³-hybridized carbons (Fsp3) is 0.818. The summed E-state index contributed by atoms with van der Waals surface area (Å²) in [5.74, 6) is 0.943. The Kier molecular flexibility index (Phi) is 7.21. The Balaban J connectivity index is 3.38. The third-order valence-corrected chi connectivity index (χ3v) is 2.35. The molecule has 5 heteroatoms. The molecule has 0 aliphatic carbocycles. The maximum atomic E-state index is 11.3. The van der Waals surface area contributed by atoms with Crippen molar-refractivity contribution in [1.29, 1.82) is 0 Å². The van der Waals surface area contributed by atoms with Gasteiger partial charge in [0.15, 0.2) is 0 Å². The van der Waals surface area contributed by atoms with E-state index in [0.717, 1.165) is 0 Å². The molecule has 0 N–H and O–H groups in total. The third kappa shape index (κ3) is 11.4. The topological polar surface area (TPSA) is 52.6 Å². The van der Waals surface area contributed by atoms with Crippen LogP contribution in [0, 0.1) is 0 Å². The summed E-state index contributed by atoms with van der Waals surface area (Å²) in [4.78, 5) is 21.7. The molecule has 0 atom stereocenters. The van der Waals surface area contributed by atoms with Crippen molar-refractivity contribution >= 4 is 23.7 Å². The van der Waals surface area contributed by atoms with Crippen molar-refractivity contribution in [2.75, 3.05) is 18.1 Å². The van der Waals surface area contributed by atoms with Gasteiger partial charge in [-0.2, -0.15) is 11.8 Å². The highest BCUT2D eigenvalue weighted by Gasteiger charge is 2.15.